The van der Waals surface area contributed by atoms with E-state index >= 15 is 0 Å². The third-order valence-corrected chi connectivity index (χ3v) is 2.80. The van der Waals surface area contributed by atoms with Gasteiger partial charge in [-0.25, -0.2) is 0 Å². The van der Waals surface area contributed by atoms with Crippen LogP contribution in [-0.4, -0.2) is 13.2 Å². The van der Waals surface area contributed by atoms with Gasteiger partial charge in [0.1, 0.15) is 13.2 Å². The van der Waals surface area contributed by atoms with Gasteiger partial charge in [0, 0.05) is 0 Å². The van der Waals surface area contributed by atoms with Crippen molar-refractivity contribution < 1.29 is 9.47 Å². The molecular formula is C11H13NO2. The van der Waals surface area contributed by atoms with Crippen LogP contribution in [0.1, 0.15) is 24.3 Å². The van der Waals surface area contributed by atoms with Crippen molar-refractivity contribution in [3.8, 4) is 11.5 Å². The lowest BCUT2D eigenvalue weighted by Gasteiger charge is -2.21. The molecule has 1 fully saturated rings. The van der Waals surface area contributed by atoms with Crippen molar-refractivity contribution in [2.45, 2.75) is 18.8 Å². The van der Waals surface area contributed by atoms with Gasteiger partial charge in [-0.1, -0.05) is 6.07 Å². The molecule has 0 aromatic heterocycles. The van der Waals surface area contributed by atoms with E-state index in [0.717, 1.165) is 17.2 Å². The van der Waals surface area contributed by atoms with Crippen molar-refractivity contribution in [3.63, 3.8) is 0 Å². The van der Waals surface area contributed by atoms with Crippen LogP contribution in [0, 0.1) is 0 Å². The Labute approximate surface area is 82.8 Å². The number of ether oxygens (including phenoxy) is 2. The number of rotatable bonds is 1. The highest BCUT2D eigenvalue weighted by molar-refractivity contribution is 5.67. The summed E-state index contributed by atoms with van der Waals surface area (Å²) in [6.07, 6.45) is 2.51. The van der Waals surface area contributed by atoms with Gasteiger partial charge in [-0.05, 0) is 30.4 Å². The first-order valence-corrected chi connectivity index (χ1v) is 5.04. The maximum atomic E-state index is 6.04. The number of nitrogen functional groups attached to an aromatic ring is 1. The number of nitrogens with two attached hydrogens (primary N) is 1. The molecule has 14 heavy (non-hydrogen) atoms. The summed E-state index contributed by atoms with van der Waals surface area (Å²) in [6.45, 7) is 1.22. The third kappa shape index (κ3) is 1.12. The molecule has 1 heterocycles. The second-order valence-electron chi connectivity index (χ2n) is 3.87. The van der Waals surface area contributed by atoms with Crippen molar-refractivity contribution in [3.05, 3.63) is 17.7 Å². The molecule has 1 aromatic rings. The zero-order valence-electron chi connectivity index (χ0n) is 7.95. The summed E-state index contributed by atoms with van der Waals surface area (Å²) in [5.74, 6) is 2.20. The highest BCUT2D eigenvalue weighted by atomic mass is 16.6. The lowest BCUT2D eigenvalue weighted by Crippen LogP contribution is -2.17. The molecule has 0 saturated heterocycles. The van der Waals surface area contributed by atoms with Gasteiger partial charge in [-0.3, -0.25) is 0 Å². The Hall–Kier alpha value is -1.38. The minimum Gasteiger partial charge on any atom is -0.486 e. The summed E-state index contributed by atoms with van der Waals surface area (Å²) < 4.78 is 11.0. The molecular weight excluding hydrogens is 178 g/mol. The maximum absolute atomic E-state index is 6.04. The van der Waals surface area contributed by atoms with Gasteiger partial charge >= 0.3 is 0 Å². The van der Waals surface area contributed by atoms with Crippen molar-refractivity contribution in [2.24, 2.45) is 0 Å². The number of hydrogen-bond donors (Lipinski definition) is 1. The highest BCUT2D eigenvalue weighted by Gasteiger charge is 2.28. The van der Waals surface area contributed by atoms with Crippen LogP contribution < -0.4 is 15.2 Å². The van der Waals surface area contributed by atoms with E-state index < -0.39 is 0 Å². The van der Waals surface area contributed by atoms with Crippen LogP contribution in [0.5, 0.6) is 11.5 Å². The van der Waals surface area contributed by atoms with Gasteiger partial charge < -0.3 is 15.2 Å². The van der Waals surface area contributed by atoms with Gasteiger partial charge in [0.25, 0.3) is 0 Å². The Morgan fingerprint density at radius 1 is 1.14 bits per heavy atom. The Bertz CT molecular complexity index is 372. The normalized spacial score (nSPS) is 19.4. The first-order valence-electron chi connectivity index (χ1n) is 5.04. The average molecular weight is 191 g/mol. The Balaban J connectivity index is 2.08. The van der Waals surface area contributed by atoms with E-state index in [1.54, 1.807) is 0 Å². The number of hydrogen-bond acceptors (Lipinski definition) is 3. The quantitative estimate of drug-likeness (QED) is 0.690. The van der Waals surface area contributed by atoms with E-state index in [4.69, 9.17) is 15.2 Å². The van der Waals surface area contributed by atoms with E-state index in [1.807, 2.05) is 6.07 Å². The summed E-state index contributed by atoms with van der Waals surface area (Å²) in [4.78, 5) is 0. The Morgan fingerprint density at radius 3 is 2.71 bits per heavy atom. The molecule has 1 saturated carbocycles. The van der Waals surface area contributed by atoms with Gasteiger partial charge in [-0.15, -0.1) is 0 Å². The van der Waals surface area contributed by atoms with Crippen LogP contribution in [0.15, 0.2) is 12.1 Å². The standard InChI is InChI=1S/C11H13NO2/c12-10-8(7-1-2-7)3-4-9-11(10)14-6-5-13-9/h3-4,7H,1-2,5-6,12H2. The fourth-order valence-corrected chi connectivity index (χ4v) is 1.90. The molecule has 1 aliphatic carbocycles. The summed E-state index contributed by atoms with van der Waals surface area (Å²) >= 11 is 0. The van der Waals surface area contributed by atoms with Crippen LogP contribution in [0.2, 0.25) is 0 Å². The smallest absolute Gasteiger partial charge is 0.184 e. The molecule has 1 aliphatic heterocycles. The van der Waals surface area contributed by atoms with E-state index in [1.165, 1.54) is 18.4 Å². The third-order valence-electron chi connectivity index (χ3n) is 2.80. The largest absolute Gasteiger partial charge is 0.486 e. The topological polar surface area (TPSA) is 44.5 Å². The van der Waals surface area contributed by atoms with Crippen LogP contribution in [0.4, 0.5) is 5.69 Å². The summed E-state index contributed by atoms with van der Waals surface area (Å²) in [5, 5.41) is 0. The highest BCUT2D eigenvalue weighted by Crippen LogP contribution is 2.48. The lowest BCUT2D eigenvalue weighted by molar-refractivity contribution is 0.172. The van der Waals surface area contributed by atoms with Gasteiger partial charge in [0.2, 0.25) is 0 Å². The molecule has 74 valence electrons. The van der Waals surface area contributed by atoms with Gasteiger partial charge in [0.05, 0.1) is 5.69 Å². The van der Waals surface area contributed by atoms with Gasteiger partial charge in [0.15, 0.2) is 11.5 Å². The molecule has 3 rings (SSSR count). The molecule has 0 unspecified atom stereocenters. The average Bonchev–Trinajstić information content (AvgIpc) is 3.03. The molecule has 2 N–H and O–H groups in total. The van der Waals surface area contributed by atoms with Crippen molar-refractivity contribution in [2.75, 3.05) is 18.9 Å². The van der Waals surface area contributed by atoms with E-state index in [0.29, 0.717) is 19.1 Å². The fourth-order valence-electron chi connectivity index (χ4n) is 1.90. The first kappa shape index (κ1) is 7.97. The van der Waals surface area contributed by atoms with Crippen molar-refractivity contribution in [1.82, 2.24) is 0 Å². The minimum absolute atomic E-state index is 0.602. The predicted octanol–water partition coefficient (Wildman–Crippen LogP) is 1.92. The number of benzene rings is 1. The molecule has 1 aromatic carbocycles. The molecule has 3 heteroatoms. The van der Waals surface area contributed by atoms with Crippen molar-refractivity contribution in [1.29, 1.82) is 0 Å². The number of anilines is 1. The Morgan fingerprint density at radius 2 is 1.93 bits per heavy atom. The fraction of sp³-hybridized carbons (Fsp3) is 0.455. The summed E-state index contributed by atoms with van der Waals surface area (Å²) in [5.41, 5.74) is 8.05. The predicted molar refractivity (Wildman–Crippen MR) is 53.8 cm³/mol. The van der Waals surface area contributed by atoms with Crippen LogP contribution >= 0.6 is 0 Å². The molecule has 0 spiro atoms. The Kier molecular flexibility index (Phi) is 1.60. The van der Waals surface area contributed by atoms with E-state index in [-0.39, 0.29) is 0 Å². The molecule has 0 bridgehead atoms. The summed E-state index contributed by atoms with van der Waals surface area (Å²) in [7, 11) is 0. The lowest BCUT2D eigenvalue weighted by atomic mass is 10.1. The zero-order chi connectivity index (χ0) is 9.54. The second kappa shape index (κ2) is 2.80. The molecule has 0 amide bonds. The SMILES string of the molecule is Nc1c(C2CC2)ccc2c1OCCO2. The van der Waals surface area contributed by atoms with Crippen LogP contribution in [-0.2, 0) is 0 Å². The minimum atomic E-state index is 0.602. The molecule has 0 radical (unpaired) electrons. The van der Waals surface area contributed by atoms with Crippen LogP contribution in [0.3, 0.4) is 0 Å². The monoisotopic (exact) mass is 191 g/mol. The maximum Gasteiger partial charge on any atom is 0.184 e. The van der Waals surface area contributed by atoms with Crippen molar-refractivity contribution >= 4 is 5.69 Å². The molecule has 0 atom stereocenters. The summed E-state index contributed by atoms with van der Waals surface area (Å²) in [6, 6.07) is 4.04. The van der Waals surface area contributed by atoms with Gasteiger partial charge in [-0.2, -0.15) is 0 Å². The second-order valence-corrected chi connectivity index (χ2v) is 3.87. The van der Waals surface area contributed by atoms with Crippen LogP contribution in [0.25, 0.3) is 0 Å². The van der Waals surface area contributed by atoms with E-state index in [2.05, 4.69) is 6.07 Å². The first-order chi connectivity index (χ1) is 6.86. The molecule has 3 nitrogen and oxygen atoms in total. The zero-order valence-corrected chi connectivity index (χ0v) is 7.95. The molecule has 2 aliphatic rings. The number of fused-ring (bicyclic) bond motifs is 1. The van der Waals surface area contributed by atoms with E-state index in [9.17, 15) is 0 Å².